The largest absolute Gasteiger partial charge is 0.369 e. The van der Waals surface area contributed by atoms with Crippen LogP contribution < -0.4 is 5.32 Å². The molecule has 0 saturated carbocycles. The second-order valence-corrected chi connectivity index (χ2v) is 6.61. The molecule has 24 heavy (non-hydrogen) atoms. The molecular formula is C18H22F2N4. The molecule has 0 amide bonds. The molecule has 1 fully saturated rings. The molecule has 2 aliphatic rings. The van der Waals surface area contributed by atoms with Gasteiger partial charge >= 0.3 is 0 Å². The maximum atomic E-state index is 14.2. The first-order chi connectivity index (χ1) is 11.7. The van der Waals surface area contributed by atoms with Crippen molar-refractivity contribution in [1.29, 1.82) is 0 Å². The van der Waals surface area contributed by atoms with Gasteiger partial charge in [-0.2, -0.15) is 5.10 Å². The van der Waals surface area contributed by atoms with E-state index in [9.17, 15) is 8.78 Å². The zero-order valence-corrected chi connectivity index (χ0v) is 13.9. The van der Waals surface area contributed by atoms with Crippen molar-refractivity contribution in [3.8, 4) is 5.69 Å². The van der Waals surface area contributed by atoms with Gasteiger partial charge in [0.2, 0.25) is 0 Å². The van der Waals surface area contributed by atoms with Crippen LogP contribution in [0.4, 0.5) is 14.6 Å². The van der Waals surface area contributed by atoms with E-state index < -0.39 is 11.6 Å². The summed E-state index contributed by atoms with van der Waals surface area (Å²) in [5.41, 5.74) is 2.60. The van der Waals surface area contributed by atoms with Gasteiger partial charge < -0.3 is 10.2 Å². The van der Waals surface area contributed by atoms with Crippen LogP contribution >= 0.6 is 0 Å². The quantitative estimate of drug-likeness (QED) is 0.936. The van der Waals surface area contributed by atoms with Crippen molar-refractivity contribution >= 4 is 5.82 Å². The summed E-state index contributed by atoms with van der Waals surface area (Å²) >= 11 is 0. The zero-order valence-electron chi connectivity index (χ0n) is 13.9. The van der Waals surface area contributed by atoms with Gasteiger partial charge in [-0.1, -0.05) is 6.92 Å². The van der Waals surface area contributed by atoms with Crippen molar-refractivity contribution < 1.29 is 8.78 Å². The van der Waals surface area contributed by atoms with Gasteiger partial charge in [0.05, 0.1) is 5.69 Å². The van der Waals surface area contributed by atoms with Crippen molar-refractivity contribution in [3.05, 3.63) is 41.1 Å². The summed E-state index contributed by atoms with van der Waals surface area (Å²) in [6.45, 7) is 6.29. The van der Waals surface area contributed by atoms with E-state index in [0.717, 1.165) is 63.0 Å². The summed E-state index contributed by atoms with van der Waals surface area (Å²) in [5.74, 6) is 0.140. The normalized spacial score (nSPS) is 18.6. The summed E-state index contributed by atoms with van der Waals surface area (Å²) in [6.07, 6.45) is 3.09. The average molecular weight is 332 g/mol. The summed E-state index contributed by atoms with van der Waals surface area (Å²) in [7, 11) is 0. The fourth-order valence-electron chi connectivity index (χ4n) is 3.88. The number of likely N-dealkylation sites (tertiary alicyclic amines) is 1. The third-order valence-corrected chi connectivity index (χ3v) is 5.24. The van der Waals surface area contributed by atoms with Gasteiger partial charge in [-0.3, -0.25) is 0 Å². The smallest absolute Gasteiger partial charge is 0.151 e. The fourth-order valence-corrected chi connectivity index (χ4v) is 3.88. The number of fused-ring (bicyclic) bond motifs is 1. The monoisotopic (exact) mass is 332 g/mol. The molecule has 0 radical (unpaired) electrons. The zero-order chi connectivity index (χ0) is 16.7. The molecule has 1 saturated heterocycles. The Morgan fingerprint density at radius 2 is 2.04 bits per heavy atom. The SMILES string of the molecule is CCN1CCC(c2nn(-c3ccc(F)cc3F)c3c2CCN3)CC1. The molecule has 0 atom stereocenters. The highest BCUT2D eigenvalue weighted by molar-refractivity contribution is 5.58. The Balaban J connectivity index is 1.70. The Kier molecular flexibility index (Phi) is 4.00. The molecule has 4 rings (SSSR count). The molecule has 1 N–H and O–H groups in total. The summed E-state index contributed by atoms with van der Waals surface area (Å²) < 4.78 is 29.1. The highest BCUT2D eigenvalue weighted by Gasteiger charge is 2.30. The molecule has 0 aliphatic carbocycles. The maximum Gasteiger partial charge on any atom is 0.151 e. The number of halogens is 2. The van der Waals surface area contributed by atoms with Crippen LogP contribution in [0.1, 0.15) is 36.9 Å². The van der Waals surface area contributed by atoms with E-state index in [2.05, 4.69) is 17.1 Å². The Hall–Kier alpha value is -1.95. The lowest BCUT2D eigenvalue weighted by molar-refractivity contribution is 0.220. The number of anilines is 1. The van der Waals surface area contributed by atoms with E-state index in [-0.39, 0.29) is 0 Å². The lowest BCUT2D eigenvalue weighted by Gasteiger charge is -2.30. The maximum absolute atomic E-state index is 14.2. The third-order valence-electron chi connectivity index (χ3n) is 5.24. The van der Waals surface area contributed by atoms with Crippen LogP contribution in [0, 0.1) is 11.6 Å². The second kappa shape index (κ2) is 6.16. The molecule has 0 bridgehead atoms. The molecule has 1 aromatic heterocycles. The van der Waals surface area contributed by atoms with Crippen molar-refractivity contribution in [2.75, 3.05) is 31.5 Å². The van der Waals surface area contributed by atoms with Gasteiger partial charge in [-0.15, -0.1) is 0 Å². The van der Waals surface area contributed by atoms with E-state index in [4.69, 9.17) is 5.10 Å². The molecule has 6 heteroatoms. The number of hydrogen-bond donors (Lipinski definition) is 1. The number of piperidine rings is 1. The van der Waals surface area contributed by atoms with Crippen LogP contribution in [0.2, 0.25) is 0 Å². The average Bonchev–Trinajstić information content (AvgIpc) is 3.18. The van der Waals surface area contributed by atoms with E-state index in [0.29, 0.717) is 11.6 Å². The van der Waals surface area contributed by atoms with Gasteiger partial charge in [0.1, 0.15) is 17.3 Å². The summed E-state index contributed by atoms with van der Waals surface area (Å²) in [6, 6.07) is 3.65. The van der Waals surface area contributed by atoms with Gasteiger partial charge in [0, 0.05) is 24.1 Å². The third kappa shape index (κ3) is 2.59. The minimum Gasteiger partial charge on any atom is -0.369 e. The Labute approximate surface area is 140 Å². The first kappa shape index (κ1) is 15.6. The van der Waals surface area contributed by atoms with Crippen molar-refractivity contribution in [2.24, 2.45) is 0 Å². The molecule has 3 heterocycles. The van der Waals surface area contributed by atoms with E-state index in [1.165, 1.54) is 17.7 Å². The van der Waals surface area contributed by atoms with Crippen molar-refractivity contribution in [3.63, 3.8) is 0 Å². The molecule has 0 spiro atoms. The highest BCUT2D eigenvalue weighted by atomic mass is 19.1. The topological polar surface area (TPSA) is 33.1 Å². The lowest BCUT2D eigenvalue weighted by atomic mass is 9.91. The van der Waals surface area contributed by atoms with E-state index in [1.54, 1.807) is 4.68 Å². The van der Waals surface area contributed by atoms with Crippen LogP contribution in [-0.2, 0) is 6.42 Å². The predicted molar refractivity (Wildman–Crippen MR) is 89.8 cm³/mol. The number of hydrogen-bond acceptors (Lipinski definition) is 3. The van der Waals surface area contributed by atoms with Crippen LogP contribution in [0.5, 0.6) is 0 Å². The second-order valence-electron chi connectivity index (χ2n) is 6.61. The summed E-state index contributed by atoms with van der Waals surface area (Å²) in [5, 5.41) is 8.06. The first-order valence-electron chi connectivity index (χ1n) is 8.70. The molecular weight excluding hydrogens is 310 g/mol. The Bertz CT molecular complexity index is 748. The van der Waals surface area contributed by atoms with Crippen LogP contribution in [0.3, 0.4) is 0 Å². The number of nitrogens with one attached hydrogen (secondary N) is 1. The number of rotatable bonds is 3. The first-order valence-corrected chi connectivity index (χ1v) is 8.70. The highest BCUT2D eigenvalue weighted by Crippen LogP contribution is 2.37. The number of nitrogens with zero attached hydrogens (tertiary/aromatic N) is 3. The Morgan fingerprint density at radius 1 is 1.25 bits per heavy atom. The number of aromatic nitrogens is 2. The minimum absolute atomic E-state index is 0.305. The van der Waals surface area contributed by atoms with Crippen LogP contribution in [0.15, 0.2) is 18.2 Å². The standard InChI is InChI=1S/C18H22F2N4/c1-2-23-9-6-12(7-10-23)17-14-5-8-21-18(14)24(22-17)16-4-3-13(19)11-15(16)20/h3-4,11-12,21H,2,5-10H2,1H3. The van der Waals surface area contributed by atoms with Crippen molar-refractivity contribution in [1.82, 2.24) is 14.7 Å². The Morgan fingerprint density at radius 3 is 2.75 bits per heavy atom. The van der Waals surface area contributed by atoms with E-state index in [1.807, 2.05) is 0 Å². The molecule has 0 unspecified atom stereocenters. The fraction of sp³-hybridized carbons (Fsp3) is 0.500. The van der Waals surface area contributed by atoms with Gasteiger partial charge in [-0.05, 0) is 51.0 Å². The van der Waals surface area contributed by atoms with Crippen molar-refractivity contribution in [2.45, 2.75) is 32.1 Å². The molecule has 2 aromatic rings. The molecule has 2 aliphatic heterocycles. The molecule has 1 aromatic carbocycles. The van der Waals surface area contributed by atoms with Crippen LogP contribution in [0.25, 0.3) is 5.69 Å². The predicted octanol–water partition coefficient (Wildman–Crippen LogP) is 3.32. The summed E-state index contributed by atoms with van der Waals surface area (Å²) in [4.78, 5) is 2.45. The van der Waals surface area contributed by atoms with Gasteiger partial charge in [-0.25, -0.2) is 13.5 Å². The van der Waals surface area contributed by atoms with Gasteiger partial charge in [0.15, 0.2) is 5.82 Å². The number of benzene rings is 1. The molecule has 4 nitrogen and oxygen atoms in total. The van der Waals surface area contributed by atoms with Crippen LogP contribution in [-0.4, -0.2) is 40.9 Å². The van der Waals surface area contributed by atoms with Gasteiger partial charge in [0.25, 0.3) is 0 Å². The van der Waals surface area contributed by atoms with E-state index >= 15 is 0 Å². The molecule has 128 valence electrons. The minimum atomic E-state index is -0.582. The lowest BCUT2D eigenvalue weighted by Crippen LogP contribution is -2.33.